The summed E-state index contributed by atoms with van der Waals surface area (Å²) in [7, 11) is 0. The molecule has 1 amide bonds. The molecule has 2 aromatic heterocycles. The molecule has 0 saturated carbocycles. The first-order chi connectivity index (χ1) is 12.6. The third kappa shape index (κ3) is 3.29. The van der Waals surface area contributed by atoms with E-state index < -0.39 is 0 Å². The summed E-state index contributed by atoms with van der Waals surface area (Å²) >= 11 is 1.50. The summed E-state index contributed by atoms with van der Waals surface area (Å²) < 4.78 is 1.44. The SMILES string of the molecule is C[C@@H]1CCCN(C(=O)Cn2cnc3sc(-c4ccccc4)cc3c2=O)C1. The van der Waals surface area contributed by atoms with Crippen LogP contribution in [0.15, 0.2) is 47.5 Å². The van der Waals surface area contributed by atoms with Crippen molar-refractivity contribution in [3.8, 4) is 10.4 Å². The van der Waals surface area contributed by atoms with Gasteiger partial charge in [-0.25, -0.2) is 4.98 Å². The quantitative estimate of drug-likeness (QED) is 0.713. The second-order valence-electron chi connectivity index (χ2n) is 6.96. The predicted molar refractivity (Wildman–Crippen MR) is 104 cm³/mol. The normalized spacial score (nSPS) is 17.6. The highest BCUT2D eigenvalue weighted by Crippen LogP contribution is 2.30. The van der Waals surface area contributed by atoms with Crippen LogP contribution in [-0.4, -0.2) is 33.4 Å². The number of likely N-dealkylation sites (tertiary alicyclic amines) is 1. The number of benzene rings is 1. The van der Waals surface area contributed by atoms with Gasteiger partial charge in [-0.1, -0.05) is 37.3 Å². The van der Waals surface area contributed by atoms with Crippen molar-refractivity contribution in [3.05, 3.63) is 53.1 Å². The molecule has 3 aromatic rings. The summed E-state index contributed by atoms with van der Waals surface area (Å²) in [5.41, 5.74) is 0.923. The molecule has 6 heteroatoms. The van der Waals surface area contributed by atoms with Crippen LogP contribution in [0.5, 0.6) is 0 Å². The Labute approximate surface area is 155 Å². The fraction of sp³-hybridized carbons (Fsp3) is 0.350. The number of aromatic nitrogens is 2. The number of thiophene rings is 1. The van der Waals surface area contributed by atoms with Gasteiger partial charge in [-0.05, 0) is 30.4 Å². The maximum absolute atomic E-state index is 12.8. The van der Waals surface area contributed by atoms with Crippen LogP contribution in [0.2, 0.25) is 0 Å². The zero-order valence-electron chi connectivity index (χ0n) is 14.7. The fourth-order valence-electron chi connectivity index (χ4n) is 3.48. The van der Waals surface area contributed by atoms with E-state index in [1.54, 1.807) is 0 Å². The largest absolute Gasteiger partial charge is 0.341 e. The Morgan fingerprint density at radius 3 is 2.88 bits per heavy atom. The Hall–Kier alpha value is -2.47. The lowest BCUT2D eigenvalue weighted by Crippen LogP contribution is -2.42. The maximum Gasteiger partial charge on any atom is 0.262 e. The number of carbonyl (C=O) groups excluding carboxylic acids is 1. The molecule has 134 valence electrons. The molecule has 4 rings (SSSR count). The third-order valence-corrected chi connectivity index (χ3v) is 5.98. The molecule has 0 bridgehead atoms. The van der Waals surface area contributed by atoms with Crippen molar-refractivity contribution in [1.82, 2.24) is 14.5 Å². The zero-order valence-corrected chi connectivity index (χ0v) is 15.5. The van der Waals surface area contributed by atoms with Crippen molar-refractivity contribution in [2.45, 2.75) is 26.3 Å². The zero-order chi connectivity index (χ0) is 18.1. The van der Waals surface area contributed by atoms with E-state index in [2.05, 4.69) is 11.9 Å². The summed E-state index contributed by atoms with van der Waals surface area (Å²) in [5.74, 6) is 0.522. The van der Waals surface area contributed by atoms with E-state index in [9.17, 15) is 9.59 Å². The molecule has 3 heterocycles. The molecule has 1 aliphatic heterocycles. The molecule has 1 saturated heterocycles. The first-order valence-corrected chi connectivity index (χ1v) is 9.75. The van der Waals surface area contributed by atoms with E-state index in [1.165, 1.54) is 22.2 Å². The fourth-order valence-corrected chi connectivity index (χ4v) is 4.47. The van der Waals surface area contributed by atoms with Crippen molar-refractivity contribution >= 4 is 27.5 Å². The van der Waals surface area contributed by atoms with Crippen molar-refractivity contribution in [3.63, 3.8) is 0 Å². The number of hydrogen-bond acceptors (Lipinski definition) is 4. The molecular weight excluding hydrogens is 346 g/mol. The molecule has 0 spiro atoms. The smallest absolute Gasteiger partial charge is 0.262 e. The van der Waals surface area contributed by atoms with Gasteiger partial charge in [-0.3, -0.25) is 14.2 Å². The minimum absolute atomic E-state index is 0.00156. The van der Waals surface area contributed by atoms with Crippen LogP contribution in [-0.2, 0) is 11.3 Å². The van der Waals surface area contributed by atoms with Crippen LogP contribution in [0, 0.1) is 5.92 Å². The van der Waals surface area contributed by atoms with E-state index in [0.29, 0.717) is 16.1 Å². The monoisotopic (exact) mass is 367 g/mol. The lowest BCUT2D eigenvalue weighted by atomic mass is 10.0. The Bertz CT molecular complexity index is 993. The van der Waals surface area contributed by atoms with E-state index in [1.807, 2.05) is 41.3 Å². The van der Waals surface area contributed by atoms with Gasteiger partial charge in [0.15, 0.2) is 0 Å². The Kier molecular flexibility index (Phi) is 4.59. The van der Waals surface area contributed by atoms with E-state index in [4.69, 9.17) is 0 Å². The van der Waals surface area contributed by atoms with Gasteiger partial charge in [-0.15, -0.1) is 11.3 Å². The molecule has 0 aliphatic carbocycles. The minimum Gasteiger partial charge on any atom is -0.341 e. The van der Waals surface area contributed by atoms with Crippen molar-refractivity contribution in [1.29, 1.82) is 0 Å². The molecule has 0 unspecified atom stereocenters. The van der Waals surface area contributed by atoms with Gasteiger partial charge in [0, 0.05) is 18.0 Å². The predicted octanol–water partition coefficient (Wildman–Crippen LogP) is 3.38. The Morgan fingerprint density at radius 2 is 2.12 bits per heavy atom. The molecule has 1 fully saturated rings. The van der Waals surface area contributed by atoms with Crippen molar-refractivity contribution in [2.75, 3.05) is 13.1 Å². The van der Waals surface area contributed by atoms with Crippen LogP contribution in [0.1, 0.15) is 19.8 Å². The number of nitrogens with zero attached hydrogens (tertiary/aromatic N) is 3. The second-order valence-corrected chi connectivity index (χ2v) is 7.99. The summed E-state index contributed by atoms with van der Waals surface area (Å²) in [6, 6.07) is 11.8. The van der Waals surface area contributed by atoms with Gasteiger partial charge in [0.2, 0.25) is 5.91 Å². The van der Waals surface area contributed by atoms with Crippen LogP contribution < -0.4 is 5.56 Å². The number of amides is 1. The van der Waals surface area contributed by atoms with Crippen LogP contribution in [0.3, 0.4) is 0 Å². The number of piperidine rings is 1. The lowest BCUT2D eigenvalue weighted by Gasteiger charge is -2.31. The molecule has 1 aliphatic rings. The molecular formula is C20H21N3O2S. The highest BCUT2D eigenvalue weighted by Gasteiger charge is 2.21. The van der Waals surface area contributed by atoms with Crippen LogP contribution in [0.4, 0.5) is 0 Å². The van der Waals surface area contributed by atoms with Gasteiger partial charge in [0.05, 0.1) is 11.7 Å². The molecule has 0 N–H and O–H groups in total. The van der Waals surface area contributed by atoms with Gasteiger partial charge in [0.25, 0.3) is 5.56 Å². The number of carbonyl (C=O) groups is 1. The highest BCUT2D eigenvalue weighted by atomic mass is 32.1. The maximum atomic E-state index is 12.8. The number of fused-ring (bicyclic) bond motifs is 1. The summed E-state index contributed by atoms with van der Waals surface area (Å²) in [6.45, 7) is 3.78. The average Bonchev–Trinajstić information content (AvgIpc) is 3.10. The first-order valence-electron chi connectivity index (χ1n) is 8.94. The Morgan fingerprint density at radius 1 is 1.31 bits per heavy atom. The standard InChI is InChI=1S/C20H21N3O2S/c1-14-6-5-9-22(11-14)18(24)12-23-13-21-19-16(20(23)25)10-17(26-19)15-7-3-2-4-8-15/h2-4,7-8,10,13-14H,5-6,9,11-12H2,1H3/t14-/m1/s1. The lowest BCUT2D eigenvalue weighted by molar-refractivity contribution is -0.133. The molecule has 1 atom stereocenters. The van der Waals surface area contributed by atoms with Crippen LogP contribution >= 0.6 is 11.3 Å². The topological polar surface area (TPSA) is 55.2 Å². The van der Waals surface area contributed by atoms with Crippen LogP contribution in [0.25, 0.3) is 20.7 Å². The van der Waals surface area contributed by atoms with Crippen molar-refractivity contribution < 1.29 is 4.79 Å². The summed E-state index contributed by atoms with van der Waals surface area (Å²) in [6.07, 6.45) is 3.69. The minimum atomic E-state index is -0.146. The van der Waals surface area contributed by atoms with Gasteiger partial charge >= 0.3 is 0 Å². The Balaban J connectivity index is 1.61. The van der Waals surface area contributed by atoms with E-state index >= 15 is 0 Å². The number of hydrogen-bond donors (Lipinski definition) is 0. The van der Waals surface area contributed by atoms with E-state index in [0.717, 1.165) is 36.4 Å². The van der Waals surface area contributed by atoms with Gasteiger partial charge in [0.1, 0.15) is 11.4 Å². The summed E-state index contributed by atoms with van der Waals surface area (Å²) in [5, 5.41) is 0.580. The van der Waals surface area contributed by atoms with Crippen molar-refractivity contribution in [2.24, 2.45) is 5.92 Å². The molecule has 5 nitrogen and oxygen atoms in total. The molecule has 0 radical (unpaired) electrons. The second kappa shape index (κ2) is 7.03. The number of rotatable bonds is 3. The molecule has 1 aromatic carbocycles. The van der Waals surface area contributed by atoms with Gasteiger partial charge < -0.3 is 4.90 Å². The summed E-state index contributed by atoms with van der Waals surface area (Å²) in [4.78, 5) is 33.4. The van der Waals surface area contributed by atoms with E-state index in [-0.39, 0.29) is 18.0 Å². The third-order valence-electron chi connectivity index (χ3n) is 4.89. The first kappa shape index (κ1) is 17.0. The van der Waals surface area contributed by atoms with Gasteiger partial charge in [-0.2, -0.15) is 0 Å². The average molecular weight is 367 g/mol. The highest BCUT2D eigenvalue weighted by molar-refractivity contribution is 7.21. The molecule has 26 heavy (non-hydrogen) atoms.